The summed E-state index contributed by atoms with van der Waals surface area (Å²) in [7, 11) is -3.75. The summed E-state index contributed by atoms with van der Waals surface area (Å²) in [6.45, 7) is 7.45. The number of fused-ring (bicyclic) bond motifs is 1. The Hall–Kier alpha value is -2.33. The second-order valence-corrected chi connectivity index (χ2v) is 11.6. The fraction of sp³-hybridized carbons (Fsp3) is 0.375. The van der Waals surface area contributed by atoms with Gasteiger partial charge in [-0.2, -0.15) is 4.31 Å². The van der Waals surface area contributed by atoms with Gasteiger partial charge in [0.1, 0.15) is 22.3 Å². The standard InChI is InChI=1S/C24H28ClNO6S2/c1-5-10-26(34(29,30)24-17(4)20-12-18(25)6-9-22(20)33-24)16(3)13-31-19-7-8-21(15(2)11-19)32-14-23(27)28/h6-9,11-12,16H,5,10,13-14H2,1-4H3,(H,27,28). The third-order valence-corrected chi connectivity index (χ3v) is 9.44. The first-order chi connectivity index (χ1) is 16.0. The predicted octanol–water partition coefficient (Wildman–Crippen LogP) is 5.50. The van der Waals surface area contributed by atoms with Crippen molar-refractivity contribution in [3.8, 4) is 11.5 Å². The molecular formula is C24H28ClNO6S2. The molecule has 7 nitrogen and oxygen atoms in total. The third kappa shape index (κ3) is 5.83. The SMILES string of the molecule is CCCN(C(C)COc1ccc(OCC(=O)O)c(C)c1)S(=O)(=O)c1sc2ccc(Cl)cc2c1C. The predicted molar refractivity (Wildman–Crippen MR) is 135 cm³/mol. The minimum atomic E-state index is -3.75. The number of aliphatic carboxylic acids is 1. The van der Waals surface area contributed by atoms with Crippen LogP contribution in [0.2, 0.25) is 5.02 Å². The molecular weight excluding hydrogens is 498 g/mol. The summed E-state index contributed by atoms with van der Waals surface area (Å²) in [4.78, 5) is 10.7. The van der Waals surface area contributed by atoms with Crippen molar-refractivity contribution < 1.29 is 27.8 Å². The molecule has 0 aliphatic carbocycles. The molecule has 34 heavy (non-hydrogen) atoms. The number of carboxylic acid groups (broad SMARTS) is 1. The second kappa shape index (κ2) is 10.9. The van der Waals surface area contributed by atoms with E-state index in [1.807, 2.05) is 26.8 Å². The number of nitrogens with zero attached hydrogens (tertiary/aromatic N) is 1. The smallest absolute Gasteiger partial charge is 0.341 e. The molecule has 184 valence electrons. The van der Waals surface area contributed by atoms with Crippen molar-refractivity contribution in [1.82, 2.24) is 4.31 Å². The molecule has 3 rings (SSSR count). The van der Waals surface area contributed by atoms with Gasteiger partial charge in [0, 0.05) is 16.3 Å². The Bertz CT molecular complexity index is 1290. The van der Waals surface area contributed by atoms with Gasteiger partial charge in [-0.05, 0) is 80.1 Å². The van der Waals surface area contributed by atoms with E-state index in [0.717, 1.165) is 15.6 Å². The van der Waals surface area contributed by atoms with Gasteiger partial charge in [-0.15, -0.1) is 11.3 Å². The number of benzene rings is 2. The van der Waals surface area contributed by atoms with Gasteiger partial charge in [-0.3, -0.25) is 0 Å². The molecule has 0 bridgehead atoms. The lowest BCUT2D eigenvalue weighted by Crippen LogP contribution is -2.42. The highest BCUT2D eigenvalue weighted by atomic mass is 35.5. The molecule has 1 heterocycles. The Labute approximate surface area is 208 Å². The number of aryl methyl sites for hydroxylation is 2. The van der Waals surface area contributed by atoms with E-state index in [1.165, 1.54) is 15.6 Å². The van der Waals surface area contributed by atoms with Crippen molar-refractivity contribution in [1.29, 1.82) is 0 Å². The van der Waals surface area contributed by atoms with Gasteiger partial charge in [0.25, 0.3) is 10.0 Å². The molecule has 0 spiro atoms. The number of hydrogen-bond donors (Lipinski definition) is 1. The number of carbonyl (C=O) groups is 1. The molecule has 0 radical (unpaired) electrons. The van der Waals surface area contributed by atoms with Gasteiger partial charge in [0.05, 0.1) is 6.04 Å². The van der Waals surface area contributed by atoms with Gasteiger partial charge in [0.2, 0.25) is 0 Å². The summed E-state index contributed by atoms with van der Waals surface area (Å²) >= 11 is 7.37. The van der Waals surface area contributed by atoms with E-state index in [-0.39, 0.29) is 6.61 Å². The largest absolute Gasteiger partial charge is 0.492 e. The summed E-state index contributed by atoms with van der Waals surface area (Å²) in [6.07, 6.45) is 0.661. The fourth-order valence-electron chi connectivity index (χ4n) is 3.63. The zero-order valence-corrected chi connectivity index (χ0v) is 21.9. The summed E-state index contributed by atoms with van der Waals surface area (Å²) in [6, 6.07) is 10.0. The van der Waals surface area contributed by atoms with Crippen LogP contribution in [0.15, 0.2) is 40.6 Å². The topological polar surface area (TPSA) is 93.1 Å². The van der Waals surface area contributed by atoms with Crippen LogP contribution in [-0.2, 0) is 14.8 Å². The van der Waals surface area contributed by atoms with Gasteiger partial charge in [0.15, 0.2) is 6.61 Å². The van der Waals surface area contributed by atoms with Crippen LogP contribution in [0.5, 0.6) is 11.5 Å². The third-order valence-electron chi connectivity index (χ3n) is 5.32. The first-order valence-corrected chi connectivity index (χ1v) is 13.5. The van der Waals surface area contributed by atoms with Crippen molar-refractivity contribution in [3.63, 3.8) is 0 Å². The summed E-state index contributed by atoms with van der Waals surface area (Å²) in [5.74, 6) is -0.0466. The van der Waals surface area contributed by atoms with Crippen molar-refractivity contribution >= 4 is 49.0 Å². The number of ether oxygens (including phenoxy) is 2. The monoisotopic (exact) mass is 525 g/mol. The number of halogens is 1. The number of rotatable bonds is 11. The van der Waals surface area contributed by atoms with Crippen LogP contribution in [-0.4, -0.2) is 49.6 Å². The van der Waals surface area contributed by atoms with Crippen molar-refractivity contribution in [2.75, 3.05) is 19.8 Å². The zero-order valence-electron chi connectivity index (χ0n) is 19.5. The van der Waals surface area contributed by atoms with E-state index < -0.39 is 28.6 Å². The Balaban J connectivity index is 1.79. The maximum Gasteiger partial charge on any atom is 0.341 e. The fourth-order valence-corrected chi connectivity index (χ4v) is 7.37. The molecule has 0 fully saturated rings. The second-order valence-electron chi connectivity index (χ2n) is 8.04. The Morgan fingerprint density at radius 2 is 1.91 bits per heavy atom. The molecule has 0 aliphatic heterocycles. The number of sulfonamides is 1. The lowest BCUT2D eigenvalue weighted by molar-refractivity contribution is -0.139. The van der Waals surface area contributed by atoms with Crippen LogP contribution in [0.1, 0.15) is 31.4 Å². The first-order valence-electron chi connectivity index (χ1n) is 10.8. The van der Waals surface area contributed by atoms with Crippen LogP contribution < -0.4 is 9.47 Å². The van der Waals surface area contributed by atoms with Crippen LogP contribution in [0.25, 0.3) is 10.1 Å². The van der Waals surface area contributed by atoms with E-state index >= 15 is 0 Å². The van der Waals surface area contributed by atoms with Gasteiger partial charge >= 0.3 is 5.97 Å². The number of carboxylic acids is 1. The summed E-state index contributed by atoms with van der Waals surface area (Å²) in [5.41, 5.74) is 1.42. The van der Waals surface area contributed by atoms with Crippen LogP contribution in [0, 0.1) is 13.8 Å². The number of thiophene rings is 1. The summed E-state index contributed by atoms with van der Waals surface area (Å²) < 4.78 is 41.1. The van der Waals surface area contributed by atoms with Gasteiger partial charge in [-0.25, -0.2) is 13.2 Å². The first kappa shape index (κ1) is 26.3. The highest BCUT2D eigenvalue weighted by Gasteiger charge is 2.32. The molecule has 10 heteroatoms. The average molecular weight is 526 g/mol. The lowest BCUT2D eigenvalue weighted by Gasteiger charge is -2.28. The maximum absolute atomic E-state index is 13.7. The Morgan fingerprint density at radius 3 is 2.56 bits per heavy atom. The number of hydrogen-bond acceptors (Lipinski definition) is 6. The molecule has 0 aliphatic rings. The molecule has 1 aromatic heterocycles. The van der Waals surface area contributed by atoms with E-state index in [9.17, 15) is 13.2 Å². The highest BCUT2D eigenvalue weighted by Crippen LogP contribution is 2.37. The molecule has 2 aromatic carbocycles. The van der Waals surface area contributed by atoms with Crippen molar-refractivity contribution in [3.05, 3.63) is 52.5 Å². The van der Waals surface area contributed by atoms with Crippen LogP contribution in [0.4, 0.5) is 0 Å². The van der Waals surface area contributed by atoms with E-state index in [1.54, 1.807) is 37.3 Å². The molecule has 0 saturated heterocycles. The van der Waals surface area contributed by atoms with Crippen molar-refractivity contribution in [2.24, 2.45) is 0 Å². The van der Waals surface area contributed by atoms with Gasteiger partial charge < -0.3 is 14.6 Å². The Kier molecular flexibility index (Phi) is 8.46. The maximum atomic E-state index is 13.7. The molecule has 1 atom stereocenters. The quantitative estimate of drug-likeness (QED) is 0.355. The molecule has 0 saturated carbocycles. The molecule has 0 amide bonds. The zero-order chi connectivity index (χ0) is 25.0. The van der Waals surface area contributed by atoms with Crippen LogP contribution in [0.3, 0.4) is 0 Å². The van der Waals surface area contributed by atoms with Gasteiger partial charge in [-0.1, -0.05) is 18.5 Å². The van der Waals surface area contributed by atoms with Crippen molar-refractivity contribution in [2.45, 2.75) is 44.4 Å². The molecule has 1 unspecified atom stereocenters. The average Bonchev–Trinajstić information content (AvgIpc) is 3.11. The van der Waals surface area contributed by atoms with Crippen LogP contribution >= 0.6 is 22.9 Å². The van der Waals surface area contributed by atoms with E-state index in [0.29, 0.717) is 39.3 Å². The normalized spacial score (nSPS) is 12.8. The minimum absolute atomic E-state index is 0.157. The van der Waals surface area contributed by atoms with E-state index in [2.05, 4.69) is 0 Å². The molecule has 3 aromatic rings. The lowest BCUT2D eigenvalue weighted by atomic mass is 10.2. The Morgan fingerprint density at radius 1 is 1.18 bits per heavy atom. The molecule has 1 N–H and O–H groups in total. The van der Waals surface area contributed by atoms with E-state index in [4.69, 9.17) is 26.2 Å². The summed E-state index contributed by atoms with van der Waals surface area (Å²) in [5, 5.41) is 10.2. The minimum Gasteiger partial charge on any atom is -0.492 e. The highest BCUT2D eigenvalue weighted by molar-refractivity contribution is 7.91.